The average molecular weight is 493 g/mol. The Labute approximate surface area is 205 Å². The first-order chi connectivity index (χ1) is 16.7. The van der Waals surface area contributed by atoms with E-state index in [2.05, 4.69) is 4.99 Å². The van der Waals surface area contributed by atoms with Crippen LogP contribution in [0.25, 0.3) is 6.08 Å². The quantitative estimate of drug-likeness (QED) is 0.298. The Bertz CT molecular complexity index is 1500. The molecular formula is C25H24N4O5S. The van der Waals surface area contributed by atoms with Gasteiger partial charge in [0, 0.05) is 31.9 Å². The lowest BCUT2D eigenvalue weighted by Gasteiger charge is -2.25. The molecule has 35 heavy (non-hydrogen) atoms. The highest BCUT2D eigenvalue weighted by molar-refractivity contribution is 7.07. The van der Waals surface area contributed by atoms with Crippen LogP contribution in [0.15, 0.2) is 69.6 Å². The van der Waals surface area contributed by atoms with Gasteiger partial charge >= 0.3 is 5.97 Å². The van der Waals surface area contributed by atoms with Crippen LogP contribution < -0.4 is 19.8 Å². The van der Waals surface area contributed by atoms with Gasteiger partial charge in [-0.15, -0.1) is 0 Å². The third-order valence-corrected chi connectivity index (χ3v) is 6.63. The van der Waals surface area contributed by atoms with E-state index in [4.69, 9.17) is 4.74 Å². The summed E-state index contributed by atoms with van der Waals surface area (Å²) in [7, 11) is 3.87. The van der Waals surface area contributed by atoms with Crippen LogP contribution in [0, 0.1) is 10.1 Å². The van der Waals surface area contributed by atoms with Gasteiger partial charge in [-0.3, -0.25) is 19.5 Å². The predicted molar refractivity (Wildman–Crippen MR) is 134 cm³/mol. The SMILES string of the molecule is CCOC(=O)C1=C(C)N=c2s/c(=C/c3ccc([N+](=O)[O-])cc3)c(=O)n2C1c1ccc(N(C)C)cc1. The Morgan fingerprint density at radius 1 is 1.20 bits per heavy atom. The zero-order chi connectivity index (χ0) is 25.3. The molecule has 0 saturated carbocycles. The van der Waals surface area contributed by atoms with Gasteiger partial charge < -0.3 is 9.64 Å². The molecule has 1 unspecified atom stereocenters. The lowest BCUT2D eigenvalue weighted by atomic mass is 9.95. The minimum absolute atomic E-state index is 0.0283. The zero-order valence-corrected chi connectivity index (χ0v) is 20.5. The van der Waals surface area contributed by atoms with E-state index in [1.54, 1.807) is 32.1 Å². The molecule has 3 aromatic rings. The summed E-state index contributed by atoms with van der Waals surface area (Å²) in [4.78, 5) is 44.0. The number of carbonyl (C=O) groups is 1. The Morgan fingerprint density at radius 2 is 1.86 bits per heavy atom. The van der Waals surface area contributed by atoms with Gasteiger partial charge in [0.15, 0.2) is 4.80 Å². The summed E-state index contributed by atoms with van der Waals surface area (Å²) in [5.41, 5.74) is 2.87. The molecule has 0 fully saturated rings. The number of benzene rings is 2. The van der Waals surface area contributed by atoms with E-state index in [1.165, 1.54) is 28.0 Å². The first-order valence-electron chi connectivity index (χ1n) is 10.9. The smallest absolute Gasteiger partial charge is 0.338 e. The van der Waals surface area contributed by atoms with Crippen molar-refractivity contribution in [3.05, 3.63) is 101 Å². The maximum Gasteiger partial charge on any atom is 0.338 e. The third-order valence-electron chi connectivity index (χ3n) is 5.64. The number of allylic oxidation sites excluding steroid dienone is 1. The number of ether oxygens (including phenoxy) is 1. The molecule has 9 nitrogen and oxygen atoms in total. The first-order valence-corrected chi connectivity index (χ1v) is 11.7. The van der Waals surface area contributed by atoms with E-state index >= 15 is 0 Å². The fourth-order valence-electron chi connectivity index (χ4n) is 3.91. The van der Waals surface area contributed by atoms with Gasteiger partial charge in [0.2, 0.25) is 0 Å². The average Bonchev–Trinajstić information content (AvgIpc) is 3.13. The van der Waals surface area contributed by atoms with Gasteiger partial charge in [-0.05, 0) is 55.3 Å². The van der Waals surface area contributed by atoms with Gasteiger partial charge in [-0.2, -0.15) is 0 Å². The highest BCUT2D eigenvalue weighted by Gasteiger charge is 2.33. The fourth-order valence-corrected chi connectivity index (χ4v) is 4.95. The van der Waals surface area contributed by atoms with Crippen molar-refractivity contribution in [3.8, 4) is 0 Å². The summed E-state index contributed by atoms with van der Waals surface area (Å²) in [6.45, 7) is 3.67. The standard InChI is InChI=1S/C25H24N4O5S/c1-5-34-24(31)21-15(2)26-25-28(22(21)17-8-12-18(13-9-17)27(3)4)23(30)20(35-25)14-16-6-10-19(11-7-16)29(32)33/h6-14,22H,5H2,1-4H3/b20-14+. The Kier molecular flexibility index (Phi) is 6.65. The number of aromatic nitrogens is 1. The molecule has 1 aliphatic heterocycles. The van der Waals surface area contributed by atoms with Crippen LogP contribution in [-0.4, -0.2) is 36.2 Å². The van der Waals surface area contributed by atoms with Crippen molar-refractivity contribution in [2.75, 3.05) is 25.6 Å². The number of thiazole rings is 1. The van der Waals surface area contributed by atoms with Gasteiger partial charge in [0.1, 0.15) is 0 Å². The largest absolute Gasteiger partial charge is 0.463 e. The third kappa shape index (κ3) is 4.65. The second-order valence-electron chi connectivity index (χ2n) is 8.14. The summed E-state index contributed by atoms with van der Waals surface area (Å²) in [5, 5.41) is 10.9. The van der Waals surface area contributed by atoms with Crippen LogP contribution in [0.3, 0.4) is 0 Å². The number of hydrogen-bond donors (Lipinski definition) is 0. The van der Waals surface area contributed by atoms with Crippen LogP contribution in [0.2, 0.25) is 0 Å². The van der Waals surface area contributed by atoms with Gasteiger partial charge in [0.25, 0.3) is 11.2 Å². The van der Waals surface area contributed by atoms with Crippen molar-refractivity contribution < 1.29 is 14.5 Å². The van der Waals surface area contributed by atoms with Gasteiger partial charge in [-0.1, -0.05) is 23.5 Å². The van der Waals surface area contributed by atoms with Crippen molar-refractivity contribution in [1.82, 2.24) is 4.57 Å². The molecule has 1 aliphatic rings. The highest BCUT2D eigenvalue weighted by atomic mass is 32.1. The molecule has 0 saturated heterocycles. The van der Waals surface area contributed by atoms with E-state index in [0.29, 0.717) is 26.2 Å². The predicted octanol–water partition coefficient (Wildman–Crippen LogP) is 2.77. The minimum Gasteiger partial charge on any atom is -0.463 e. The van der Waals surface area contributed by atoms with E-state index in [0.717, 1.165) is 11.3 Å². The summed E-state index contributed by atoms with van der Waals surface area (Å²) in [6, 6.07) is 12.9. The first kappa shape index (κ1) is 24.1. The van der Waals surface area contributed by atoms with E-state index in [9.17, 15) is 19.7 Å². The molecular weight excluding hydrogens is 468 g/mol. The van der Waals surface area contributed by atoms with Crippen molar-refractivity contribution in [1.29, 1.82) is 0 Å². The number of non-ortho nitro benzene ring substituents is 1. The molecule has 10 heteroatoms. The summed E-state index contributed by atoms with van der Waals surface area (Å²) in [5.74, 6) is -0.514. The second-order valence-corrected chi connectivity index (χ2v) is 9.15. The van der Waals surface area contributed by atoms with Crippen molar-refractivity contribution in [3.63, 3.8) is 0 Å². The fraction of sp³-hybridized carbons (Fsp3) is 0.240. The molecule has 0 bridgehead atoms. The highest BCUT2D eigenvalue weighted by Crippen LogP contribution is 2.31. The van der Waals surface area contributed by atoms with Crippen LogP contribution in [0.4, 0.5) is 11.4 Å². The Balaban J connectivity index is 1.89. The maximum absolute atomic E-state index is 13.6. The Hall–Kier alpha value is -4.05. The lowest BCUT2D eigenvalue weighted by Crippen LogP contribution is -2.39. The minimum atomic E-state index is -0.694. The number of anilines is 1. The second kappa shape index (κ2) is 9.67. The number of hydrogen-bond acceptors (Lipinski definition) is 8. The number of nitro groups is 1. The number of esters is 1. The van der Waals surface area contributed by atoms with Crippen LogP contribution >= 0.6 is 11.3 Å². The molecule has 0 radical (unpaired) electrons. The monoisotopic (exact) mass is 492 g/mol. The van der Waals surface area contributed by atoms with Crippen molar-refractivity contribution in [2.45, 2.75) is 19.9 Å². The maximum atomic E-state index is 13.6. The zero-order valence-electron chi connectivity index (χ0n) is 19.7. The van der Waals surface area contributed by atoms with E-state index in [-0.39, 0.29) is 17.9 Å². The van der Waals surface area contributed by atoms with Crippen LogP contribution in [0.1, 0.15) is 31.0 Å². The van der Waals surface area contributed by atoms with E-state index < -0.39 is 16.9 Å². The molecule has 1 atom stereocenters. The lowest BCUT2D eigenvalue weighted by molar-refractivity contribution is -0.384. The number of fused-ring (bicyclic) bond motifs is 1. The Morgan fingerprint density at radius 3 is 2.43 bits per heavy atom. The molecule has 1 aromatic heterocycles. The molecule has 0 N–H and O–H groups in total. The van der Waals surface area contributed by atoms with E-state index in [1.807, 2.05) is 43.3 Å². The van der Waals surface area contributed by atoms with Crippen LogP contribution in [-0.2, 0) is 9.53 Å². The number of rotatable bonds is 6. The molecule has 2 aromatic carbocycles. The molecule has 180 valence electrons. The molecule has 4 rings (SSSR count). The molecule has 0 amide bonds. The molecule has 0 aliphatic carbocycles. The normalized spacial score (nSPS) is 15.4. The van der Waals surface area contributed by atoms with Crippen molar-refractivity contribution >= 4 is 34.8 Å². The summed E-state index contributed by atoms with van der Waals surface area (Å²) < 4.78 is 7.24. The molecule has 0 spiro atoms. The molecule has 2 heterocycles. The van der Waals surface area contributed by atoms with Crippen LogP contribution in [0.5, 0.6) is 0 Å². The topological polar surface area (TPSA) is 107 Å². The summed E-state index contributed by atoms with van der Waals surface area (Å²) in [6.07, 6.45) is 1.67. The number of nitro benzene ring substituents is 1. The van der Waals surface area contributed by atoms with Gasteiger partial charge in [0.05, 0.1) is 33.4 Å². The van der Waals surface area contributed by atoms with Crippen molar-refractivity contribution in [2.24, 2.45) is 4.99 Å². The number of nitrogens with zero attached hydrogens (tertiary/aromatic N) is 4. The number of carbonyl (C=O) groups excluding carboxylic acids is 1. The van der Waals surface area contributed by atoms with Gasteiger partial charge in [-0.25, -0.2) is 9.79 Å². The summed E-state index contributed by atoms with van der Waals surface area (Å²) >= 11 is 1.20.